The van der Waals surface area contributed by atoms with E-state index in [1.807, 2.05) is 12.3 Å². The Balaban J connectivity index is 0.00000208. The van der Waals surface area contributed by atoms with Crippen molar-refractivity contribution in [3.8, 4) is 0 Å². The van der Waals surface area contributed by atoms with Crippen molar-refractivity contribution in [3.63, 3.8) is 0 Å². The summed E-state index contributed by atoms with van der Waals surface area (Å²) in [7, 11) is 0. The van der Waals surface area contributed by atoms with Gasteiger partial charge in [0.15, 0.2) is 0 Å². The maximum atomic E-state index is 4.49. The van der Waals surface area contributed by atoms with Crippen LogP contribution in [-0.4, -0.2) is 55.7 Å². The predicted octanol–water partition coefficient (Wildman–Crippen LogP) is 3.04. The highest BCUT2D eigenvalue weighted by Gasteiger charge is 2.31. The number of rotatable bonds is 6. The first-order valence-electron chi connectivity index (χ1n) is 9.27. The molecule has 0 amide bonds. The summed E-state index contributed by atoms with van der Waals surface area (Å²) in [5.41, 5.74) is 0.477. The minimum Gasteiger partial charge on any atom is -0.357 e. The first-order valence-corrected chi connectivity index (χ1v) is 9.27. The quantitative estimate of drug-likeness (QED) is 0.852. The van der Waals surface area contributed by atoms with E-state index in [4.69, 9.17) is 0 Å². The molecule has 0 bridgehead atoms. The van der Waals surface area contributed by atoms with Crippen molar-refractivity contribution in [2.45, 2.75) is 33.1 Å². The maximum Gasteiger partial charge on any atom is 0.128 e. The van der Waals surface area contributed by atoms with Crippen LogP contribution in [0.1, 0.15) is 33.1 Å². The number of nitrogens with zero attached hydrogens (tertiary/aromatic N) is 3. The fourth-order valence-electron chi connectivity index (χ4n) is 4.10. The van der Waals surface area contributed by atoms with E-state index in [9.17, 15) is 0 Å². The Morgan fingerprint density at radius 1 is 1.33 bits per heavy atom. The average Bonchev–Trinajstić information content (AvgIpc) is 3.02. The van der Waals surface area contributed by atoms with Crippen molar-refractivity contribution in [2.75, 3.05) is 50.7 Å². The highest BCUT2D eigenvalue weighted by Crippen LogP contribution is 2.27. The van der Waals surface area contributed by atoms with E-state index >= 15 is 0 Å². The molecule has 3 heterocycles. The zero-order valence-electron chi connectivity index (χ0n) is 15.2. The molecule has 2 aliphatic rings. The third kappa shape index (κ3) is 5.08. The first kappa shape index (κ1) is 19.5. The van der Waals surface area contributed by atoms with Gasteiger partial charge in [0.25, 0.3) is 0 Å². The van der Waals surface area contributed by atoms with E-state index in [2.05, 4.69) is 46.1 Å². The number of piperidine rings is 1. The molecule has 24 heavy (non-hydrogen) atoms. The molecule has 1 unspecified atom stereocenters. The molecule has 0 spiro atoms. The number of halogens is 1. The van der Waals surface area contributed by atoms with Gasteiger partial charge in [-0.1, -0.05) is 19.9 Å². The fourth-order valence-corrected chi connectivity index (χ4v) is 4.10. The number of aromatic nitrogens is 1. The third-order valence-corrected chi connectivity index (χ3v) is 5.61. The van der Waals surface area contributed by atoms with Crippen LogP contribution in [0.15, 0.2) is 24.4 Å². The van der Waals surface area contributed by atoms with Crippen LogP contribution in [0.25, 0.3) is 0 Å². The SMILES string of the molecule is CCN(CC1CCN(c2ccccn2)CC1)CC1(C)CCNC1.Cl. The lowest BCUT2D eigenvalue weighted by Crippen LogP contribution is -2.43. The summed E-state index contributed by atoms with van der Waals surface area (Å²) < 4.78 is 0. The normalized spacial score (nSPS) is 25.0. The summed E-state index contributed by atoms with van der Waals surface area (Å²) in [4.78, 5) is 9.62. The summed E-state index contributed by atoms with van der Waals surface area (Å²) in [5, 5.41) is 3.53. The highest BCUT2D eigenvalue weighted by molar-refractivity contribution is 5.85. The molecule has 2 aliphatic heterocycles. The lowest BCUT2D eigenvalue weighted by molar-refractivity contribution is 0.153. The lowest BCUT2D eigenvalue weighted by atomic mass is 9.88. The Morgan fingerprint density at radius 3 is 2.71 bits per heavy atom. The van der Waals surface area contributed by atoms with Crippen molar-refractivity contribution in [1.29, 1.82) is 0 Å². The molecule has 1 N–H and O–H groups in total. The Morgan fingerprint density at radius 2 is 2.12 bits per heavy atom. The molecular weight excluding hydrogens is 320 g/mol. The van der Waals surface area contributed by atoms with Crippen LogP contribution in [0, 0.1) is 11.3 Å². The van der Waals surface area contributed by atoms with Crippen molar-refractivity contribution in [2.24, 2.45) is 11.3 Å². The smallest absolute Gasteiger partial charge is 0.128 e. The Kier molecular flexibility index (Phi) is 7.33. The molecule has 0 saturated carbocycles. The van der Waals surface area contributed by atoms with E-state index in [0.29, 0.717) is 5.41 Å². The van der Waals surface area contributed by atoms with Gasteiger partial charge < -0.3 is 15.1 Å². The first-order chi connectivity index (χ1) is 11.2. The molecule has 5 heteroatoms. The van der Waals surface area contributed by atoms with E-state index in [1.54, 1.807) is 0 Å². The molecule has 0 aliphatic carbocycles. The van der Waals surface area contributed by atoms with Crippen LogP contribution in [0.3, 0.4) is 0 Å². The second-order valence-electron chi connectivity index (χ2n) is 7.68. The molecule has 1 aromatic rings. The monoisotopic (exact) mass is 352 g/mol. The van der Waals surface area contributed by atoms with Crippen LogP contribution >= 0.6 is 12.4 Å². The Labute approximate surface area is 153 Å². The molecule has 1 atom stereocenters. The van der Waals surface area contributed by atoms with E-state index in [0.717, 1.165) is 24.8 Å². The van der Waals surface area contributed by atoms with Crippen LogP contribution in [0.2, 0.25) is 0 Å². The van der Waals surface area contributed by atoms with Gasteiger partial charge in [0.05, 0.1) is 0 Å². The zero-order valence-corrected chi connectivity index (χ0v) is 16.0. The molecule has 4 nitrogen and oxygen atoms in total. The Bertz CT molecular complexity index is 468. The van der Waals surface area contributed by atoms with Gasteiger partial charge >= 0.3 is 0 Å². The maximum absolute atomic E-state index is 4.49. The number of hydrogen-bond acceptors (Lipinski definition) is 4. The topological polar surface area (TPSA) is 31.4 Å². The van der Waals surface area contributed by atoms with Gasteiger partial charge in [-0.25, -0.2) is 4.98 Å². The summed E-state index contributed by atoms with van der Waals surface area (Å²) in [6.07, 6.45) is 5.81. The number of nitrogens with one attached hydrogen (secondary N) is 1. The van der Waals surface area contributed by atoms with Gasteiger partial charge in [-0.2, -0.15) is 0 Å². The van der Waals surface area contributed by atoms with Gasteiger partial charge in [-0.05, 0) is 55.8 Å². The number of anilines is 1. The van der Waals surface area contributed by atoms with Crippen molar-refractivity contribution >= 4 is 18.2 Å². The van der Waals surface area contributed by atoms with Crippen molar-refractivity contribution in [1.82, 2.24) is 15.2 Å². The standard InChI is InChI=1S/C19H32N4.ClH/c1-3-22(16-19(2)9-11-20-15-19)14-17-7-12-23(13-8-17)18-6-4-5-10-21-18;/h4-6,10,17,20H,3,7-9,11-16H2,1-2H3;1H. The molecule has 136 valence electrons. The summed E-state index contributed by atoms with van der Waals surface area (Å²) in [5.74, 6) is 1.98. The molecule has 2 fully saturated rings. The minimum absolute atomic E-state index is 0. The lowest BCUT2D eigenvalue weighted by Gasteiger charge is -2.37. The second-order valence-corrected chi connectivity index (χ2v) is 7.68. The number of pyridine rings is 1. The van der Waals surface area contributed by atoms with Crippen LogP contribution in [0.4, 0.5) is 5.82 Å². The summed E-state index contributed by atoms with van der Waals surface area (Å²) in [6, 6.07) is 6.21. The summed E-state index contributed by atoms with van der Waals surface area (Å²) >= 11 is 0. The largest absolute Gasteiger partial charge is 0.357 e. The van der Waals surface area contributed by atoms with Crippen molar-refractivity contribution < 1.29 is 0 Å². The van der Waals surface area contributed by atoms with Crippen LogP contribution in [-0.2, 0) is 0 Å². The van der Waals surface area contributed by atoms with E-state index in [1.165, 1.54) is 52.0 Å². The molecular formula is C19H33ClN4. The second kappa shape index (κ2) is 9.02. The molecule has 3 rings (SSSR count). The predicted molar refractivity (Wildman–Crippen MR) is 104 cm³/mol. The molecule has 0 radical (unpaired) electrons. The van der Waals surface area contributed by atoms with Gasteiger partial charge in [-0.15, -0.1) is 12.4 Å². The highest BCUT2D eigenvalue weighted by atomic mass is 35.5. The van der Waals surface area contributed by atoms with E-state index in [-0.39, 0.29) is 12.4 Å². The summed E-state index contributed by atoms with van der Waals surface area (Å²) in [6.45, 7) is 13.1. The van der Waals surface area contributed by atoms with E-state index < -0.39 is 0 Å². The minimum atomic E-state index is 0. The number of hydrogen-bond donors (Lipinski definition) is 1. The van der Waals surface area contributed by atoms with Gasteiger partial charge in [0, 0.05) is 38.9 Å². The molecule has 1 aromatic heterocycles. The van der Waals surface area contributed by atoms with Gasteiger partial charge in [-0.3, -0.25) is 0 Å². The van der Waals surface area contributed by atoms with Crippen LogP contribution in [0.5, 0.6) is 0 Å². The molecule has 0 aromatic carbocycles. The fraction of sp³-hybridized carbons (Fsp3) is 0.737. The van der Waals surface area contributed by atoms with Gasteiger partial charge in [0.2, 0.25) is 0 Å². The van der Waals surface area contributed by atoms with Crippen molar-refractivity contribution in [3.05, 3.63) is 24.4 Å². The average molecular weight is 353 g/mol. The molecule has 2 saturated heterocycles. The Hall–Kier alpha value is -0.840. The van der Waals surface area contributed by atoms with Gasteiger partial charge in [0.1, 0.15) is 5.82 Å². The zero-order chi connectivity index (χ0) is 16.1. The third-order valence-electron chi connectivity index (χ3n) is 5.61. The van der Waals surface area contributed by atoms with Crippen LogP contribution < -0.4 is 10.2 Å².